The summed E-state index contributed by atoms with van der Waals surface area (Å²) in [6, 6.07) is 5.51. The Bertz CT molecular complexity index is 762. The minimum absolute atomic E-state index is 0.139. The van der Waals surface area contributed by atoms with Gasteiger partial charge in [0.2, 0.25) is 6.79 Å². The number of hydrogen-bond donors (Lipinski definition) is 0. The lowest BCUT2D eigenvalue weighted by Gasteiger charge is -2.13. The van der Waals surface area contributed by atoms with Gasteiger partial charge in [0, 0.05) is 13.0 Å². The molecule has 0 radical (unpaired) electrons. The molecule has 1 aromatic carbocycles. The van der Waals surface area contributed by atoms with Crippen molar-refractivity contribution in [2.75, 3.05) is 19.9 Å². The van der Waals surface area contributed by atoms with Gasteiger partial charge in [-0.3, -0.25) is 14.5 Å². The molecule has 1 fully saturated rings. The highest BCUT2D eigenvalue weighted by Gasteiger charge is 2.31. The second kappa shape index (κ2) is 8.55. The number of fused-ring (bicyclic) bond motifs is 1. The molecule has 2 heterocycles. The van der Waals surface area contributed by atoms with E-state index in [1.807, 2.05) is 25.1 Å². The van der Waals surface area contributed by atoms with Gasteiger partial charge in [-0.15, -0.1) is 0 Å². The molecule has 0 N–H and O–H groups in total. The summed E-state index contributed by atoms with van der Waals surface area (Å²) >= 11 is 6.57. The maximum atomic E-state index is 12.6. The maximum Gasteiger partial charge on any atom is 0.305 e. The SMILES string of the molecule is CCCOC(=O)CCCN1C(=O)C(=Cc2ccc3c(c2)OCO3)SC1=S. The molecule has 1 amide bonds. The molecule has 0 unspecified atom stereocenters. The Balaban J connectivity index is 1.59. The van der Waals surface area contributed by atoms with E-state index in [2.05, 4.69) is 0 Å². The Morgan fingerprint density at radius 1 is 1.38 bits per heavy atom. The Hall–Kier alpha value is -2.06. The normalized spacial score (nSPS) is 17.3. The van der Waals surface area contributed by atoms with E-state index < -0.39 is 0 Å². The summed E-state index contributed by atoms with van der Waals surface area (Å²) in [4.78, 5) is 26.2. The first-order valence-electron chi connectivity index (χ1n) is 8.39. The van der Waals surface area contributed by atoms with Gasteiger partial charge in [0.05, 0.1) is 11.5 Å². The number of esters is 1. The summed E-state index contributed by atoms with van der Waals surface area (Å²) in [5.74, 6) is 0.984. The summed E-state index contributed by atoms with van der Waals surface area (Å²) in [7, 11) is 0. The molecular weight excluding hydrogens is 374 g/mol. The van der Waals surface area contributed by atoms with Crippen LogP contribution in [-0.2, 0) is 14.3 Å². The van der Waals surface area contributed by atoms with Gasteiger partial charge >= 0.3 is 5.97 Å². The summed E-state index contributed by atoms with van der Waals surface area (Å²) in [5, 5.41) is 0. The third-order valence-corrected chi connectivity index (χ3v) is 5.18. The van der Waals surface area contributed by atoms with Gasteiger partial charge in [0.1, 0.15) is 4.32 Å². The number of hydrogen-bond acceptors (Lipinski definition) is 7. The van der Waals surface area contributed by atoms with E-state index >= 15 is 0 Å². The van der Waals surface area contributed by atoms with Crippen molar-refractivity contribution >= 4 is 46.3 Å². The third-order valence-electron chi connectivity index (χ3n) is 3.80. The van der Waals surface area contributed by atoms with Gasteiger partial charge in [-0.05, 0) is 36.6 Å². The molecule has 1 aromatic rings. The molecule has 0 spiro atoms. The smallest absolute Gasteiger partial charge is 0.305 e. The van der Waals surface area contributed by atoms with Crippen LogP contribution >= 0.6 is 24.0 Å². The summed E-state index contributed by atoms with van der Waals surface area (Å²) in [6.45, 7) is 2.99. The van der Waals surface area contributed by atoms with Crippen LogP contribution in [0.1, 0.15) is 31.7 Å². The van der Waals surface area contributed by atoms with E-state index in [-0.39, 0.29) is 25.1 Å². The van der Waals surface area contributed by atoms with Gasteiger partial charge in [-0.1, -0.05) is 37.0 Å². The van der Waals surface area contributed by atoms with Crippen molar-refractivity contribution in [3.8, 4) is 11.5 Å². The van der Waals surface area contributed by atoms with Gasteiger partial charge in [0.25, 0.3) is 5.91 Å². The van der Waals surface area contributed by atoms with Crippen LogP contribution in [0.15, 0.2) is 23.1 Å². The number of benzene rings is 1. The monoisotopic (exact) mass is 393 g/mol. The number of carbonyl (C=O) groups excluding carboxylic acids is 2. The average Bonchev–Trinajstić information content (AvgIpc) is 3.19. The number of thiocarbonyl (C=S) groups is 1. The summed E-state index contributed by atoms with van der Waals surface area (Å²) < 4.78 is 16.2. The largest absolute Gasteiger partial charge is 0.466 e. The molecule has 2 aliphatic rings. The number of rotatable bonds is 7. The van der Waals surface area contributed by atoms with Gasteiger partial charge in [-0.2, -0.15) is 0 Å². The predicted octanol–water partition coefficient (Wildman–Crippen LogP) is 3.35. The average molecular weight is 393 g/mol. The van der Waals surface area contributed by atoms with Crippen LogP contribution in [0.25, 0.3) is 6.08 Å². The van der Waals surface area contributed by atoms with Crippen molar-refractivity contribution in [2.45, 2.75) is 26.2 Å². The molecular formula is C18H19NO5S2. The molecule has 1 saturated heterocycles. The van der Waals surface area contributed by atoms with E-state index in [9.17, 15) is 9.59 Å². The lowest BCUT2D eigenvalue weighted by Crippen LogP contribution is -2.29. The number of carbonyl (C=O) groups is 2. The number of nitrogens with zero attached hydrogens (tertiary/aromatic N) is 1. The van der Waals surface area contributed by atoms with E-state index in [0.29, 0.717) is 40.3 Å². The second-order valence-corrected chi connectivity index (χ2v) is 7.45. The van der Waals surface area contributed by atoms with Gasteiger partial charge < -0.3 is 14.2 Å². The number of thioether (sulfide) groups is 1. The van der Waals surface area contributed by atoms with E-state index in [1.165, 1.54) is 16.7 Å². The third kappa shape index (κ3) is 4.37. The topological polar surface area (TPSA) is 65.1 Å². The first-order valence-corrected chi connectivity index (χ1v) is 9.61. The second-order valence-electron chi connectivity index (χ2n) is 5.77. The van der Waals surface area contributed by atoms with E-state index in [4.69, 9.17) is 26.4 Å². The first-order chi connectivity index (χ1) is 12.6. The number of ether oxygens (including phenoxy) is 3. The van der Waals surface area contributed by atoms with Crippen molar-refractivity contribution in [1.29, 1.82) is 0 Å². The molecule has 0 atom stereocenters. The molecule has 0 saturated carbocycles. The molecule has 26 heavy (non-hydrogen) atoms. The Morgan fingerprint density at radius 3 is 3.00 bits per heavy atom. The van der Waals surface area contributed by atoms with Crippen molar-refractivity contribution < 1.29 is 23.8 Å². The summed E-state index contributed by atoms with van der Waals surface area (Å²) in [5.41, 5.74) is 0.845. The standard InChI is InChI=1S/C18H19NO5S2/c1-2-8-22-16(20)4-3-7-19-17(21)15(26-18(19)25)10-12-5-6-13-14(9-12)24-11-23-13/h5-6,9-10H,2-4,7-8,11H2,1H3. The fourth-order valence-corrected chi connectivity index (χ4v) is 3.83. The maximum absolute atomic E-state index is 12.6. The first kappa shape index (κ1) is 18.7. The van der Waals surface area contributed by atoms with Gasteiger partial charge in [-0.25, -0.2) is 0 Å². The van der Waals surface area contributed by atoms with Crippen LogP contribution in [0.4, 0.5) is 0 Å². The highest BCUT2D eigenvalue weighted by atomic mass is 32.2. The molecule has 0 aliphatic carbocycles. The molecule has 138 valence electrons. The van der Waals surface area contributed by atoms with Crippen LogP contribution < -0.4 is 9.47 Å². The van der Waals surface area contributed by atoms with Gasteiger partial charge in [0.15, 0.2) is 11.5 Å². The predicted molar refractivity (Wildman–Crippen MR) is 103 cm³/mol. The van der Waals surface area contributed by atoms with E-state index in [1.54, 1.807) is 6.08 Å². The number of amides is 1. The zero-order valence-corrected chi connectivity index (χ0v) is 16.0. The van der Waals surface area contributed by atoms with Crippen LogP contribution in [0.5, 0.6) is 11.5 Å². The molecule has 3 rings (SSSR count). The van der Waals surface area contributed by atoms with Crippen molar-refractivity contribution in [2.24, 2.45) is 0 Å². The zero-order valence-electron chi connectivity index (χ0n) is 14.4. The van der Waals surface area contributed by atoms with Crippen LogP contribution in [0, 0.1) is 0 Å². The highest BCUT2D eigenvalue weighted by Crippen LogP contribution is 2.36. The summed E-state index contributed by atoms with van der Waals surface area (Å²) in [6.07, 6.45) is 3.38. The highest BCUT2D eigenvalue weighted by molar-refractivity contribution is 8.26. The Labute approximate surface area is 161 Å². The molecule has 0 aromatic heterocycles. The molecule has 6 nitrogen and oxygen atoms in total. The molecule has 8 heteroatoms. The minimum Gasteiger partial charge on any atom is -0.466 e. The lowest BCUT2D eigenvalue weighted by molar-refractivity contribution is -0.144. The van der Waals surface area contributed by atoms with E-state index in [0.717, 1.165) is 12.0 Å². The minimum atomic E-state index is -0.242. The van der Waals surface area contributed by atoms with Crippen molar-refractivity contribution in [1.82, 2.24) is 4.90 Å². The lowest BCUT2D eigenvalue weighted by atomic mass is 10.2. The quantitative estimate of drug-likeness (QED) is 0.400. The molecule has 0 bridgehead atoms. The van der Waals surface area contributed by atoms with Crippen molar-refractivity contribution in [3.63, 3.8) is 0 Å². The van der Waals surface area contributed by atoms with Crippen LogP contribution in [0.2, 0.25) is 0 Å². The zero-order chi connectivity index (χ0) is 18.5. The Morgan fingerprint density at radius 2 is 2.19 bits per heavy atom. The van der Waals surface area contributed by atoms with Crippen molar-refractivity contribution in [3.05, 3.63) is 28.7 Å². The fraction of sp³-hybridized carbons (Fsp3) is 0.389. The molecule has 2 aliphatic heterocycles. The van der Waals surface area contributed by atoms with Crippen LogP contribution in [0.3, 0.4) is 0 Å². The van der Waals surface area contributed by atoms with Crippen LogP contribution in [-0.4, -0.2) is 41.0 Å². The fourth-order valence-electron chi connectivity index (χ4n) is 2.52. The Kier molecular flexibility index (Phi) is 6.16.